The fourth-order valence-electron chi connectivity index (χ4n) is 1.85. The van der Waals surface area contributed by atoms with Crippen LogP contribution in [0.5, 0.6) is 0 Å². The van der Waals surface area contributed by atoms with Crippen LogP contribution in [0.2, 0.25) is 0 Å². The van der Waals surface area contributed by atoms with Gasteiger partial charge in [-0.3, -0.25) is 14.4 Å². The molecule has 1 amide bonds. The van der Waals surface area contributed by atoms with Gasteiger partial charge in [-0.1, -0.05) is 0 Å². The molecule has 0 heterocycles. The first-order chi connectivity index (χ1) is 12.2. The molecule has 12 heteroatoms. The largest absolute Gasteiger partial charge is 0.483 e. The van der Waals surface area contributed by atoms with E-state index >= 15 is 0 Å². The zero-order valence-corrected chi connectivity index (χ0v) is 14.8. The number of hydrazine groups is 1. The third-order valence-electron chi connectivity index (χ3n) is 3.05. The number of hydroxylamine groups is 1. The number of aliphatic carboxylic acids is 1. The fourth-order valence-corrected chi connectivity index (χ4v) is 1.85. The molecule has 0 rings (SSSR count). The van der Waals surface area contributed by atoms with Crippen molar-refractivity contribution >= 4 is 18.3 Å². The number of nitrogens with one attached hydrogen (secondary N) is 2. The Kier molecular flexibility index (Phi) is 16.0. The number of carboxylic acid groups (broad SMARTS) is 2. The van der Waals surface area contributed by atoms with E-state index in [0.717, 1.165) is 19.3 Å². The van der Waals surface area contributed by atoms with Gasteiger partial charge in [0, 0.05) is 24.5 Å². The second-order valence-electron chi connectivity index (χ2n) is 5.50. The third-order valence-corrected chi connectivity index (χ3v) is 3.05. The van der Waals surface area contributed by atoms with Crippen LogP contribution in [0.3, 0.4) is 0 Å². The van der Waals surface area contributed by atoms with E-state index in [1.165, 1.54) is 11.2 Å². The van der Waals surface area contributed by atoms with Gasteiger partial charge in [-0.15, -0.1) is 0 Å². The number of nitrogens with zero attached hydrogens (tertiary/aromatic N) is 1. The summed E-state index contributed by atoms with van der Waals surface area (Å²) in [5.41, 5.74) is 13.2. The van der Waals surface area contributed by atoms with Crippen molar-refractivity contribution in [3.8, 4) is 0 Å². The van der Waals surface area contributed by atoms with Crippen LogP contribution in [-0.2, 0) is 14.4 Å². The third kappa shape index (κ3) is 16.4. The summed E-state index contributed by atoms with van der Waals surface area (Å²) in [6.07, 6.45) is 3.65. The number of carbonyl (C=O) groups is 3. The standard InChI is InChI=1S/C13H28N6O4.CH2O2/c1-9(18-12(20)6-11(15)13(21)22)4-2-3-5-19(16)8-10(14)7-17-23;2-1-3/h8-9,11,17,23H,2-7,14-16H2,1H3,(H,18,20)(H,21,22);1H,(H,2,3)/b10-8-;. The molecule has 0 aliphatic rings. The van der Waals surface area contributed by atoms with Crippen LogP contribution in [0.4, 0.5) is 0 Å². The summed E-state index contributed by atoms with van der Waals surface area (Å²) in [6, 6.07) is -1.26. The first-order valence-electron chi connectivity index (χ1n) is 7.87. The molecule has 0 aromatic rings. The molecule has 11 N–H and O–H groups in total. The Bertz CT molecular complexity index is 448. The molecule has 0 aromatic heterocycles. The smallest absolute Gasteiger partial charge is 0.321 e. The molecule has 0 bridgehead atoms. The number of nitrogens with two attached hydrogens (primary N) is 3. The van der Waals surface area contributed by atoms with E-state index in [2.05, 4.69) is 5.32 Å². The summed E-state index contributed by atoms with van der Waals surface area (Å²) in [5, 5.41) is 28.1. The topological polar surface area (TPSA) is 217 Å². The Labute approximate surface area is 151 Å². The molecule has 0 aliphatic heterocycles. The second-order valence-corrected chi connectivity index (χ2v) is 5.50. The number of amides is 1. The van der Waals surface area contributed by atoms with Gasteiger partial charge in [0.2, 0.25) is 5.91 Å². The molecule has 0 aromatic carbocycles. The number of carboxylic acids is 1. The van der Waals surface area contributed by atoms with Crippen molar-refractivity contribution in [3.05, 3.63) is 11.9 Å². The lowest BCUT2D eigenvalue weighted by Crippen LogP contribution is -2.40. The molecular weight excluding hydrogens is 348 g/mol. The number of hydrogen-bond acceptors (Lipinski definition) is 9. The minimum absolute atomic E-state index is 0.0751. The van der Waals surface area contributed by atoms with Gasteiger partial charge in [-0.2, -0.15) is 5.48 Å². The van der Waals surface area contributed by atoms with E-state index < -0.39 is 12.0 Å². The molecule has 0 fully saturated rings. The summed E-state index contributed by atoms with van der Waals surface area (Å²) in [7, 11) is 0. The highest BCUT2D eigenvalue weighted by atomic mass is 16.5. The summed E-state index contributed by atoms with van der Waals surface area (Å²) in [6.45, 7) is 2.31. The Morgan fingerprint density at radius 2 is 1.88 bits per heavy atom. The maximum atomic E-state index is 11.6. The molecule has 2 unspecified atom stereocenters. The maximum Gasteiger partial charge on any atom is 0.321 e. The average Bonchev–Trinajstić information content (AvgIpc) is 2.52. The van der Waals surface area contributed by atoms with E-state index in [1.54, 1.807) is 0 Å². The molecular formula is C14H30N6O6. The van der Waals surface area contributed by atoms with Crippen LogP contribution in [0.15, 0.2) is 11.9 Å². The molecule has 26 heavy (non-hydrogen) atoms. The molecule has 0 saturated carbocycles. The quantitative estimate of drug-likeness (QED) is 0.0812. The number of carbonyl (C=O) groups excluding carboxylic acids is 1. The molecule has 2 atom stereocenters. The van der Waals surface area contributed by atoms with Crippen molar-refractivity contribution in [2.24, 2.45) is 17.3 Å². The van der Waals surface area contributed by atoms with Gasteiger partial charge in [0.15, 0.2) is 0 Å². The van der Waals surface area contributed by atoms with Crippen molar-refractivity contribution < 1.29 is 29.8 Å². The molecule has 0 radical (unpaired) electrons. The summed E-state index contributed by atoms with van der Waals surface area (Å²) in [4.78, 5) is 30.5. The van der Waals surface area contributed by atoms with Gasteiger partial charge in [0.1, 0.15) is 6.04 Å². The fraction of sp³-hybridized carbons (Fsp3) is 0.643. The lowest BCUT2D eigenvalue weighted by Gasteiger charge is -2.17. The highest BCUT2D eigenvalue weighted by Gasteiger charge is 2.17. The lowest BCUT2D eigenvalue weighted by atomic mass is 10.1. The van der Waals surface area contributed by atoms with Crippen LogP contribution in [0.25, 0.3) is 0 Å². The summed E-state index contributed by atoms with van der Waals surface area (Å²) < 4.78 is 0. The van der Waals surface area contributed by atoms with Crippen LogP contribution in [0.1, 0.15) is 32.6 Å². The predicted octanol–water partition coefficient (Wildman–Crippen LogP) is -1.88. The molecule has 0 aliphatic carbocycles. The molecule has 152 valence electrons. The monoisotopic (exact) mass is 378 g/mol. The average molecular weight is 378 g/mol. The summed E-state index contributed by atoms with van der Waals surface area (Å²) >= 11 is 0. The molecule has 0 spiro atoms. The minimum Gasteiger partial charge on any atom is -0.483 e. The van der Waals surface area contributed by atoms with Crippen molar-refractivity contribution in [1.82, 2.24) is 15.8 Å². The molecule has 0 saturated heterocycles. The van der Waals surface area contributed by atoms with Crippen molar-refractivity contribution in [2.45, 2.75) is 44.7 Å². The zero-order valence-electron chi connectivity index (χ0n) is 14.8. The predicted molar refractivity (Wildman–Crippen MR) is 93.3 cm³/mol. The Balaban J connectivity index is 0. The van der Waals surface area contributed by atoms with Crippen LogP contribution in [0, 0.1) is 0 Å². The van der Waals surface area contributed by atoms with E-state index in [4.69, 9.17) is 37.5 Å². The SMILES string of the molecule is CC(CCCCN(N)/C=C(\N)CNO)NC(=O)CC(N)C(=O)O.O=CO. The normalized spacial score (nSPS) is 13.0. The van der Waals surface area contributed by atoms with E-state index in [0.29, 0.717) is 12.2 Å². The first-order valence-corrected chi connectivity index (χ1v) is 7.87. The van der Waals surface area contributed by atoms with Gasteiger partial charge in [0.05, 0.1) is 13.0 Å². The Morgan fingerprint density at radius 1 is 1.31 bits per heavy atom. The minimum atomic E-state index is -1.19. The van der Waals surface area contributed by atoms with Crippen LogP contribution >= 0.6 is 0 Å². The van der Waals surface area contributed by atoms with Crippen LogP contribution in [-0.4, -0.2) is 64.0 Å². The van der Waals surface area contributed by atoms with Gasteiger partial charge >= 0.3 is 5.97 Å². The van der Waals surface area contributed by atoms with Crippen LogP contribution < -0.4 is 28.1 Å². The van der Waals surface area contributed by atoms with Crippen molar-refractivity contribution in [1.29, 1.82) is 0 Å². The van der Waals surface area contributed by atoms with Gasteiger partial charge in [-0.25, -0.2) is 5.84 Å². The molecule has 12 nitrogen and oxygen atoms in total. The second kappa shape index (κ2) is 16.1. The van der Waals surface area contributed by atoms with Gasteiger partial charge in [0.25, 0.3) is 6.47 Å². The highest BCUT2D eigenvalue weighted by Crippen LogP contribution is 2.02. The van der Waals surface area contributed by atoms with Gasteiger partial charge < -0.3 is 37.2 Å². The van der Waals surface area contributed by atoms with Gasteiger partial charge in [-0.05, 0) is 26.2 Å². The lowest BCUT2D eigenvalue weighted by molar-refractivity contribution is -0.140. The van der Waals surface area contributed by atoms with Crippen molar-refractivity contribution in [3.63, 3.8) is 0 Å². The van der Waals surface area contributed by atoms with E-state index in [1.807, 2.05) is 12.4 Å². The Hall–Kier alpha value is -2.41. The number of hydrogen-bond donors (Lipinski definition) is 8. The van der Waals surface area contributed by atoms with E-state index in [-0.39, 0.29) is 31.4 Å². The first kappa shape index (κ1) is 25.8. The highest BCUT2D eigenvalue weighted by molar-refractivity contribution is 5.84. The zero-order chi connectivity index (χ0) is 20.5. The van der Waals surface area contributed by atoms with Crippen molar-refractivity contribution in [2.75, 3.05) is 13.1 Å². The Morgan fingerprint density at radius 3 is 2.38 bits per heavy atom. The van der Waals surface area contributed by atoms with E-state index in [9.17, 15) is 9.59 Å². The number of unbranched alkanes of at least 4 members (excludes halogenated alkanes) is 1. The maximum absolute atomic E-state index is 11.6. The number of rotatable bonds is 12. The summed E-state index contributed by atoms with van der Waals surface area (Å²) in [5.74, 6) is 4.14.